The number of alkyl halides is 2. The van der Waals surface area contributed by atoms with E-state index in [1.165, 1.54) is 6.92 Å². The fourth-order valence-electron chi connectivity index (χ4n) is 1.61. The molecule has 0 aromatic heterocycles. The van der Waals surface area contributed by atoms with Crippen molar-refractivity contribution in [3.8, 4) is 0 Å². The van der Waals surface area contributed by atoms with Crippen LogP contribution in [0.3, 0.4) is 0 Å². The van der Waals surface area contributed by atoms with Gasteiger partial charge >= 0.3 is 0 Å². The summed E-state index contributed by atoms with van der Waals surface area (Å²) >= 11 is 0. The van der Waals surface area contributed by atoms with Crippen LogP contribution >= 0.6 is 0 Å². The lowest BCUT2D eigenvalue weighted by molar-refractivity contribution is -0.130. The predicted molar refractivity (Wildman–Crippen MR) is 42.2 cm³/mol. The van der Waals surface area contributed by atoms with Gasteiger partial charge in [-0.15, -0.1) is 0 Å². The Kier molecular flexibility index (Phi) is 2.49. The minimum absolute atomic E-state index is 0.164. The van der Waals surface area contributed by atoms with E-state index in [2.05, 4.69) is 0 Å². The molecule has 0 aromatic rings. The SMILES string of the molecule is CCC(F)(F)CC1(C=O)CCC1. The molecule has 1 aliphatic rings. The van der Waals surface area contributed by atoms with Crippen LogP contribution in [0, 0.1) is 5.41 Å². The van der Waals surface area contributed by atoms with Crippen LogP contribution in [-0.4, -0.2) is 12.2 Å². The zero-order valence-electron chi connectivity index (χ0n) is 7.28. The molecule has 1 saturated carbocycles. The fraction of sp³-hybridized carbons (Fsp3) is 0.889. The van der Waals surface area contributed by atoms with Gasteiger partial charge in [-0.2, -0.15) is 0 Å². The molecule has 0 spiro atoms. The average molecular weight is 176 g/mol. The number of hydrogen-bond acceptors (Lipinski definition) is 1. The molecule has 1 aliphatic carbocycles. The van der Waals surface area contributed by atoms with E-state index < -0.39 is 11.3 Å². The van der Waals surface area contributed by atoms with Gasteiger partial charge in [0.2, 0.25) is 5.92 Å². The smallest absolute Gasteiger partial charge is 0.248 e. The van der Waals surface area contributed by atoms with Crippen LogP contribution < -0.4 is 0 Å². The first kappa shape index (κ1) is 9.62. The number of carbonyl (C=O) groups excluding carboxylic acids is 1. The molecule has 0 saturated heterocycles. The molecule has 0 radical (unpaired) electrons. The third-order valence-corrected chi connectivity index (χ3v) is 2.73. The lowest BCUT2D eigenvalue weighted by Gasteiger charge is -2.38. The number of hydrogen-bond donors (Lipinski definition) is 0. The van der Waals surface area contributed by atoms with E-state index in [0.717, 1.165) is 12.7 Å². The molecule has 0 aromatic carbocycles. The second kappa shape index (κ2) is 3.11. The molecule has 0 amide bonds. The van der Waals surface area contributed by atoms with Crippen LogP contribution in [-0.2, 0) is 4.79 Å². The third kappa shape index (κ3) is 1.82. The van der Waals surface area contributed by atoms with Gasteiger partial charge in [0.15, 0.2) is 0 Å². The Morgan fingerprint density at radius 2 is 2.08 bits per heavy atom. The molecule has 0 atom stereocenters. The summed E-state index contributed by atoms with van der Waals surface area (Å²) < 4.78 is 25.8. The zero-order chi connectivity index (χ0) is 9.24. The van der Waals surface area contributed by atoms with E-state index in [9.17, 15) is 13.6 Å². The van der Waals surface area contributed by atoms with Crippen molar-refractivity contribution in [1.82, 2.24) is 0 Å². The molecule has 1 rings (SSSR count). The maximum absolute atomic E-state index is 12.9. The van der Waals surface area contributed by atoms with Gasteiger partial charge in [-0.3, -0.25) is 0 Å². The highest BCUT2D eigenvalue weighted by molar-refractivity contribution is 5.61. The Labute approximate surface area is 71.1 Å². The molecule has 0 N–H and O–H groups in total. The van der Waals surface area contributed by atoms with Crippen molar-refractivity contribution in [3.05, 3.63) is 0 Å². The van der Waals surface area contributed by atoms with Gasteiger partial charge in [-0.25, -0.2) is 8.78 Å². The highest BCUT2D eigenvalue weighted by Crippen LogP contribution is 2.47. The summed E-state index contributed by atoms with van der Waals surface area (Å²) in [6.07, 6.45) is 2.51. The van der Waals surface area contributed by atoms with Crippen LogP contribution in [0.5, 0.6) is 0 Å². The summed E-state index contributed by atoms with van der Waals surface area (Å²) in [5.41, 5.74) is -0.681. The summed E-state index contributed by atoms with van der Waals surface area (Å²) in [4.78, 5) is 10.6. The summed E-state index contributed by atoms with van der Waals surface area (Å²) in [5, 5.41) is 0. The fourth-order valence-corrected chi connectivity index (χ4v) is 1.61. The normalized spacial score (nSPS) is 21.6. The van der Waals surface area contributed by atoms with Crippen molar-refractivity contribution >= 4 is 6.29 Å². The largest absolute Gasteiger partial charge is 0.303 e. The van der Waals surface area contributed by atoms with E-state index in [1.54, 1.807) is 0 Å². The topological polar surface area (TPSA) is 17.1 Å². The molecule has 1 nitrogen and oxygen atoms in total. The maximum atomic E-state index is 12.9. The van der Waals surface area contributed by atoms with Gasteiger partial charge < -0.3 is 4.79 Å². The van der Waals surface area contributed by atoms with Crippen molar-refractivity contribution in [2.75, 3.05) is 0 Å². The van der Waals surface area contributed by atoms with E-state index in [-0.39, 0.29) is 12.8 Å². The number of carbonyl (C=O) groups is 1. The first-order valence-electron chi connectivity index (χ1n) is 4.38. The second-order valence-corrected chi connectivity index (χ2v) is 3.72. The van der Waals surface area contributed by atoms with Gasteiger partial charge in [0.1, 0.15) is 6.29 Å². The van der Waals surface area contributed by atoms with Crippen LogP contribution in [0.25, 0.3) is 0 Å². The number of halogens is 2. The first-order chi connectivity index (χ1) is 5.54. The Bertz CT molecular complexity index is 173. The quantitative estimate of drug-likeness (QED) is 0.602. The molecular formula is C9H14F2O. The molecule has 1 fully saturated rings. The van der Waals surface area contributed by atoms with Gasteiger partial charge in [0, 0.05) is 18.3 Å². The summed E-state index contributed by atoms with van der Waals surface area (Å²) in [6, 6.07) is 0. The molecule has 70 valence electrons. The number of aldehydes is 1. The summed E-state index contributed by atoms with van der Waals surface area (Å²) in [6.45, 7) is 1.46. The van der Waals surface area contributed by atoms with Crippen molar-refractivity contribution < 1.29 is 13.6 Å². The summed E-state index contributed by atoms with van der Waals surface area (Å²) in [5.74, 6) is -2.65. The van der Waals surface area contributed by atoms with Crippen molar-refractivity contribution in [2.45, 2.75) is 45.0 Å². The van der Waals surface area contributed by atoms with E-state index in [4.69, 9.17) is 0 Å². The highest BCUT2D eigenvalue weighted by Gasteiger charge is 2.44. The van der Waals surface area contributed by atoms with E-state index in [1.807, 2.05) is 0 Å². The van der Waals surface area contributed by atoms with Crippen molar-refractivity contribution in [3.63, 3.8) is 0 Å². The lowest BCUT2D eigenvalue weighted by atomic mass is 9.66. The van der Waals surface area contributed by atoms with Crippen LogP contribution in [0.15, 0.2) is 0 Å². The van der Waals surface area contributed by atoms with Crippen LogP contribution in [0.2, 0.25) is 0 Å². The summed E-state index contributed by atoms with van der Waals surface area (Å²) in [7, 11) is 0. The molecule has 0 aliphatic heterocycles. The van der Waals surface area contributed by atoms with Gasteiger partial charge in [0.05, 0.1) is 0 Å². The van der Waals surface area contributed by atoms with E-state index >= 15 is 0 Å². The monoisotopic (exact) mass is 176 g/mol. The van der Waals surface area contributed by atoms with Crippen LogP contribution in [0.4, 0.5) is 8.78 Å². The maximum Gasteiger partial charge on any atom is 0.248 e. The Balaban J connectivity index is 2.53. The Hall–Kier alpha value is -0.470. The molecule has 0 bridgehead atoms. The molecule has 0 heterocycles. The molecule has 0 unspecified atom stereocenters. The van der Waals surface area contributed by atoms with Crippen LogP contribution in [0.1, 0.15) is 39.0 Å². The van der Waals surface area contributed by atoms with Gasteiger partial charge in [-0.05, 0) is 12.8 Å². The first-order valence-corrected chi connectivity index (χ1v) is 4.38. The third-order valence-electron chi connectivity index (χ3n) is 2.73. The second-order valence-electron chi connectivity index (χ2n) is 3.72. The average Bonchev–Trinajstić information content (AvgIpc) is 1.97. The Morgan fingerprint density at radius 3 is 2.33 bits per heavy atom. The minimum Gasteiger partial charge on any atom is -0.303 e. The molecule has 3 heteroatoms. The highest BCUT2D eigenvalue weighted by atomic mass is 19.3. The van der Waals surface area contributed by atoms with Gasteiger partial charge in [-0.1, -0.05) is 13.3 Å². The van der Waals surface area contributed by atoms with E-state index in [0.29, 0.717) is 12.8 Å². The lowest BCUT2D eigenvalue weighted by Crippen LogP contribution is -2.37. The molecule has 12 heavy (non-hydrogen) atoms. The van der Waals surface area contributed by atoms with Gasteiger partial charge in [0.25, 0.3) is 0 Å². The van der Waals surface area contributed by atoms with Crippen molar-refractivity contribution in [2.24, 2.45) is 5.41 Å². The molecular weight excluding hydrogens is 162 g/mol. The number of rotatable bonds is 4. The minimum atomic E-state index is -2.65. The van der Waals surface area contributed by atoms with Crippen molar-refractivity contribution in [1.29, 1.82) is 0 Å². The Morgan fingerprint density at radius 1 is 1.50 bits per heavy atom. The zero-order valence-corrected chi connectivity index (χ0v) is 7.28. The standard InChI is InChI=1S/C9H14F2O/c1-2-9(10,11)6-8(7-12)4-3-5-8/h7H,2-6H2,1H3. The predicted octanol–water partition coefficient (Wildman–Crippen LogP) is 2.79.